The van der Waals surface area contributed by atoms with Crippen LogP contribution in [-0.4, -0.2) is 42.5 Å². The van der Waals surface area contributed by atoms with Gasteiger partial charge in [-0.25, -0.2) is 0 Å². The van der Waals surface area contributed by atoms with Crippen LogP contribution >= 0.6 is 0 Å². The number of rotatable bonds is 4. The molecule has 1 atom stereocenters. The van der Waals surface area contributed by atoms with Gasteiger partial charge in [-0.1, -0.05) is 13.8 Å². The van der Waals surface area contributed by atoms with E-state index in [0.717, 1.165) is 38.5 Å². The maximum absolute atomic E-state index is 12.8. The Hall–Kier alpha value is -1.10. The third-order valence-corrected chi connectivity index (χ3v) is 5.34. The van der Waals surface area contributed by atoms with E-state index in [1.807, 2.05) is 13.8 Å². The van der Waals surface area contributed by atoms with Gasteiger partial charge in [0.25, 0.3) is 0 Å². The van der Waals surface area contributed by atoms with Crippen LogP contribution in [0.3, 0.4) is 0 Å². The fourth-order valence-electron chi connectivity index (χ4n) is 4.06. The highest BCUT2D eigenvalue weighted by Gasteiger charge is 2.50. The fourth-order valence-corrected chi connectivity index (χ4v) is 4.06. The molecule has 0 aromatic heterocycles. The first-order valence-electron chi connectivity index (χ1n) is 8.23. The molecule has 1 unspecified atom stereocenters. The van der Waals surface area contributed by atoms with Crippen molar-refractivity contribution in [2.75, 3.05) is 19.8 Å². The summed E-state index contributed by atoms with van der Waals surface area (Å²) in [6.45, 7) is 6.04. The maximum Gasteiger partial charge on any atom is 0.240 e. The number of likely N-dealkylation sites (tertiary alicyclic amines) is 1. The lowest BCUT2D eigenvalue weighted by Gasteiger charge is -2.50. The summed E-state index contributed by atoms with van der Waals surface area (Å²) >= 11 is 0. The van der Waals surface area contributed by atoms with Crippen LogP contribution in [0.15, 0.2) is 0 Å². The van der Waals surface area contributed by atoms with E-state index in [0.29, 0.717) is 19.8 Å². The number of carbonyl (C=O) groups excluding carboxylic acids is 2. The van der Waals surface area contributed by atoms with Crippen LogP contribution in [0.4, 0.5) is 0 Å². The number of primary amides is 1. The van der Waals surface area contributed by atoms with Crippen molar-refractivity contribution >= 4 is 11.8 Å². The largest absolute Gasteiger partial charge is 0.381 e. The van der Waals surface area contributed by atoms with E-state index < -0.39 is 6.04 Å². The number of amides is 2. The first kappa shape index (κ1) is 16.3. The molecule has 0 radical (unpaired) electrons. The van der Waals surface area contributed by atoms with Gasteiger partial charge in [0.2, 0.25) is 11.8 Å². The third kappa shape index (κ3) is 3.07. The molecule has 2 N–H and O–H groups in total. The molecule has 1 spiro atoms. The van der Waals surface area contributed by atoms with Crippen molar-refractivity contribution in [3.8, 4) is 0 Å². The molecule has 2 fully saturated rings. The van der Waals surface area contributed by atoms with Gasteiger partial charge < -0.3 is 15.4 Å². The molecular formula is C16H28N2O3. The topological polar surface area (TPSA) is 72.6 Å². The molecule has 0 aromatic rings. The molecule has 0 saturated carbocycles. The van der Waals surface area contributed by atoms with E-state index in [9.17, 15) is 9.59 Å². The van der Waals surface area contributed by atoms with Crippen LogP contribution in [0.2, 0.25) is 0 Å². The molecule has 2 rings (SSSR count). The Bertz CT molecular complexity index is 381. The maximum atomic E-state index is 12.8. The second-order valence-corrected chi connectivity index (χ2v) is 6.43. The lowest BCUT2D eigenvalue weighted by Crippen LogP contribution is -2.62. The minimum atomic E-state index is -0.455. The number of carbonyl (C=O) groups is 2. The predicted octanol–water partition coefficient (Wildman–Crippen LogP) is 1.70. The zero-order valence-electron chi connectivity index (χ0n) is 13.3. The Morgan fingerprint density at radius 2 is 1.86 bits per heavy atom. The Kier molecular flexibility index (Phi) is 5.25. The highest BCUT2D eigenvalue weighted by atomic mass is 16.5. The molecule has 5 heteroatoms. The molecule has 0 aromatic carbocycles. The first-order chi connectivity index (χ1) is 10.1. The van der Waals surface area contributed by atoms with E-state index in [-0.39, 0.29) is 23.1 Å². The SMILES string of the molecule is CCC(CC)C(=O)N1CCCC2(CCOCC2)C1C(N)=O. The summed E-state index contributed by atoms with van der Waals surface area (Å²) < 4.78 is 5.46. The summed E-state index contributed by atoms with van der Waals surface area (Å²) in [6, 6.07) is -0.455. The number of piperidine rings is 1. The van der Waals surface area contributed by atoms with Gasteiger partial charge in [-0.3, -0.25) is 9.59 Å². The van der Waals surface area contributed by atoms with Gasteiger partial charge in [0.05, 0.1) is 0 Å². The molecule has 2 saturated heterocycles. The van der Waals surface area contributed by atoms with Crippen LogP contribution in [0, 0.1) is 11.3 Å². The number of ether oxygens (including phenoxy) is 1. The minimum absolute atomic E-state index is 0.00170. The Morgan fingerprint density at radius 1 is 1.24 bits per heavy atom. The second-order valence-electron chi connectivity index (χ2n) is 6.43. The molecule has 2 aliphatic heterocycles. The fraction of sp³-hybridized carbons (Fsp3) is 0.875. The lowest BCUT2D eigenvalue weighted by molar-refractivity contribution is -0.156. The predicted molar refractivity (Wildman–Crippen MR) is 80.5 cm³/mol. The normalized spacial score (nSPS) is 25.3. The lowest BCUT2D eigenvalue weighted by atomic mass is 9.67. The van der Waals surface area contributed by atoms with Gasteiger partial charge in [-0.05, 0) is 38.5 Å². The Balaban J connectivity index is 2.27. The highest BCUT2D eigenvalue weighted by molar-refractivity contribution is 5.88. The van der Waals surface area contributed by atoms with Gasteiger partial charge in [0.1, 0.15) is 6.04 Å². The van der Waals surface area contributed by atoms with E-state index in [4.69, 9.17) is 10.5 Å². The van der Waals surface area contributed by atoms with Gasteiger partial charge in [-0.2, -0.15) is 0 Å². The summed E-state index contributed by atoms with van der Waals surface area (Å²) in [4.78, 5) is 26.7. The summed E-state index contributed by atoms with van der Waals surface area (Å²) in [5, 5.41) is 0. The standard InChI is InChI=1S/C16H28N2O3/c1-3-12(4-2)15(20)18-9-5-6-16(13(18)14(17)19)7-10-21-11-8-16/h12-13H,3-11H2,1-2H3,(H2,17,19). The molecule has 2 amide bonds. The first-order valence-corrected chi connectivity index (χ1v) is 8.23. The molecule has 2 aliphatic rings. The second kappa shape index (κ2) is 6.77. The van der Waals surface area contributed by atoms with Gasteiger partial charge in [0.15, 0.2) is 0 Å². The molecule has 0 aliphatic carbocycles. The van der Waals surface area contributed by atoms with E-state index in [2.05, 4.69) is 0 Å². The molecule has 0 bridgehead atoms. The van der Waals surface area contributed by atoms with Gasteiger partial charge >= 0.3 is 0 Å². The molecule has 5 nitrogen and oxygen atoms in total. The molecule has 120 valence electrons. The number of nitrogens with zero attached hydrogens (tertiary/aromatic N) is 1. The third-order valence-electron chi connectivity index (χ3n) is 5.34. The number of hydrogen-bond acceptors (Lipinski definition) is 3. The number of nitrogens with two attached hydrogens (primary N) is 1. The van der Waals surface area contributed by atoms with Crippen molar-refractivity contribution in [3.63, 3.8) is 0 Å². The number of hydrogen-bond donors (Lipinski definition) is 1. The Labute approximate surface area is 127 Å². The van der Waals surface area contributed by atoms with E-state index >= 15 is 0 Å². The zero-order valence-corrected chi connectivity index (χ0v) is 13.3. The van der Waals surface area contributed by atoms with Crippen molar-refractivity contribution in [2.24, 2.45) is 17.1 Å². The van der Waals surface area contributed by atoms with Crippen molar-refractivity contribution in [2.45, 2.75) is 58.4 Å². The highest BCUT2D eigenvalue weighted by Crippen LogP contribution is 2.44. The minimum Gasteiger partial charge on any atom is -0.381 e. The van der Waals surface area contributed by atoms with Crippen LogP contribution < -0.4 is 5.73 Å². The summed E-state index contributed by atoms with van der Waals surface area (Å²) in [7, 11) is 0. The van der Waals surface area contributed by atoms with Gasteiger partial charge in [0, 0.05) is 31.1 Å². The summed E-state index contributed by atoms with van der Waals surface area (Å²) in [5.74, 6) is -0.243. The zero-order chi connectivity index (χ0) is 15.5. The average Bonchev–Trinajstić information content (AvgIpc) is 2.48. The summed E-state index contributed by atoms with van der Waals surface area (Å²) in [5.41, 5.74) is 5.55. The monoisotopic (exact) mass is 296 g/mol. The Morgan fingerprint density at radius 3 is 2.38 bits per heavy atom. The molecule has 21 heavy (non-hydrogen) atoms. The van der Waals surface area contributed by atoms with Crippen LogP contribution in [0.1, 0.15) is 52.4 Å². The van der Waals surface area contributed by atoms with Gasteiger partial charge in [-0.15, -0.1) is 0 Å². The van der Waals surface area contributed by atoms with Crippen molar-refractivity contribution in [1.29, 1.82) is 0 Å². The summed E-state index contributed by atoms with van der Waals surface area (Å²) in [6.07, 6.45) is 5.20. The van der Waals surface area contributed by atoms with Crippen LogP contribution in [0.5, 0.6) is 0 Å². The van der Waals surface area contributed by atoms with Crippen molar-refractivity contribution in [3.05, 3.63) is 0 Å². The van der Waals surface area contributed by atoms with Crippen molar-refractivity contribution in [1.82, 2.24) is 4.90 Å². The van der Waals surface area contributed by atoms with Crippen LogP contribution in [0.25, 0.3) is 0 Å². The van der Waals surface area contributed by atoms with E-state index in [1.165, 1.54) is 0 Å². The average molecular weight is 296 g/mol. The molecule has 2 heterocycles. The van der Waals surface area contributed by atoms with E-state index in [1.54, 1.807) is 4.90 Å². The molecular weight excluding hydrogens is 268 g/mol. The van der Waals surface area contributed by atoms with Crippen LogP contribution in [-0.2, 0) is 14.3 Å². The van der Waals surface area contributed by atoms with Crippen molar-refractivity contribution < 1.29 is 14.3 Å². The smallest absolute Gasteiger partial charge is 0.240 e. The quantitative estimate of drug-likeness (QED) is 0.858.